The van der Waals surface area contributed by atoms with Gasteiger partial charge < -0.3 is 10.6 Å². The van der Waals surface area contributed by atoms with Crippen molar-refractivity contribution < 1.29 is 14.4 Å². The lowest BCUT2D eigenvalue weighted by atomic mass is 9.63. The smallest absolute Gasteiger partial charge is 0.319 e. The van der Waals surface area contributed by atoms with Gasteiger partial charge in [-0.15, -0.1) is 0 Å². The van der Waals surface area contributed by atoms with E-state index >= 15 is 0 Å². The third-order valence-electron chi connectivity index (χ3n) is 7.04. The lowest BCUT2D eigenvalue weighted by Gasteiger charge is -2.38. The van der Waals surface area contributed by atoms with Gasteiger partial charge in [-0.3, -0.25) is 14.5 Å². The van der Waals surface area contributed by atoms with E-state index in [1.807, 2.05) is 44.2 Å². The van der Waals surface area contributed by atoms with Gasteiger partial charge in [0.15, 0.2) is 0 Å². The molecule has 1 saturated heterocycles. The first-order chi connectivity index (χ1) is 15.4. The molecule has 1 aliphatic heterocycles. The molecule has 3 aliphatic carbocycles. The van der Waals surface area contributed by atoms with Gasteiger partial charge >= 0.3 is 6.03 Å². The van der Waals surface area contributed by atoms with Crippen molar-refractivity contribution >= 4 is 29.2 Å². The summed E-state index contributed by atoms with van der Waals surface area (Å²) >= 11 is 0. The molecule has 4 unspecified atom stereocenters. The van der Waals surface area contributed by atoms with Crippen molar-refractivity contribution in [1.29, 1.82) is 0 Å². The molecule has 2 N–H and O–H groups in total. The van der Waals surface area contributed by atoms with Crippen LogP contribution in [0.25, 0.3) is 0 Å². The first-order valence-corrected chi connectivity index (χ1v) is 11.2. The molecule has 32 heavy (non-hydrogen) atoms. The maximum absolute atomic E-state index is 13.1. The van der Waals surface area contributed by atoms with Gasteiger partial charge in [0.2, 0.25) is 11.8 Å². The normalized spacial score (nSPS) is 25.8. The van der Waals surface area contributed by atoms with E-state index in [9.17, 15) is 14.4 Å². The molecule has 1 heterocycles. The fraction of sp³-hybridized carbons (Fsp3) is 0.346. The van der Waals surface area contributed by atoms with Crippen LogP contribution in [0, 0.1) is 37.5 Å². The molecule has 4 aliphatic rings. The van der Waals surface area contributed by atoms with Gasteiger partial charge in [-0.2, -0.15) is 0 Å². The van der Waals surface area contributed by atoms with Gasteiger partial charge in [0.25, 0.3) is 0 Å². The Morgan fingerprint density at radius 1 is 0.938 bits per heavy atom. The number of amides is 4. The van der Waals surface area contributed by atoms with Crippen molar-refractivity contribution in [1.82, 2.24) is 5.32 Å². The molecule has 0 spiro atoms. The van der Waals surface area contributed by atoms with Crippen LogP contribution in [0.4, 0.5) is 16.2 Å². The largest absolute Gasteiger partial charge is 0.334 e. The minimum absolute atomic E-state index is 0.0715. The first-order valence-electron chi connectivity index (χ1n) is 11.2. The molecule has 0 aromatic heterocycles. The number of hydrogen-bond acceptors (Lipinski definition) is 3. The average molecular weight is 430 g/mol. The first kappa shape index (κ1) is 20.5. The van der Waals surface area contributed by atoms with Gasteiger partial charge in [0.1, 0.15) is 0 Å². The monoisotopic (exact) mass is 429 g/mol. The molecular weight excluding hydrogens is 402 g/mol. The molecule has 6 heteroatoms. The van der Waals surface area contributed by atoms with Crippen molar-refractivity contribution in [2.75, 3.05) is 10.2 Å². The van der Waals surface area contributed by atoms with E-state index < -0.39 is 0 Å². The second-order valence-electron chi connectivity index (χ2n) is 9.15. The van der Waals surface area contributed by atoms with E-state index in [-0.39, 0.29) is 41.5 Å². The Bertz CT molecular complexity index is 1090. The molecule has 2 fully saturated rings. The van der Waals surface area contributed by atoms with Gasteiger partial charge in [-0.25, -0.2) is 4.79 Å². The standard InChI is InChI=1S/C26H27N3O3/c1-15-3-12-21(16(2)13-15)28-26(32)27-14-17-4-10-20(11-5-17)29-24(30)22-18-6-7-19(9-8-18)23(22)25(29)31/h3-7,10-13,18-19,22-23H,8-9,14H2,1-2H3,(H2,27,28,32). The zero-order valence-corrected chi connectivity index (χ0v) is 18.3. The maximum atomic E-state index is 13.1. The van der Waals surface area contributed by atoms with Crippen LogP contribution in [0.1, 0.15) is 29.5 Å². The Morgan fingerprint density at radius 3 is 2.12 bits per heavy atom. The van der Waals surface area contributed by atoms with Crippen LogP contribution >= 0.6 is 0 Å². The summed E-state index contributed by atoms with van der Waals surface area (Å²) in [6, 6.07) is 12.9. The molecule has 6 rings (SSSR count). The maximum Gasteiger partial charge on any atom is 0.319 e. The summed E-state index contributed by atoms with van der Waals surface area (Å²) in [5.41, 5.74) is 4.43. The molecule has 2 aromatic rings. The number of aryl methyl sites for hydroxylation is 2. The van der Waals surface area contributed by atoms with E-state index in [4.69, 9.17) is 0 Å². The summed E-state index contributed by atoms with van der Waals surface area (Å²) in [7, 11) is 0. The van der Waals surface area contributed by atoms with Crippen LogP contribution in [0.15, 0.2) is 54.6 Å². The SMILES string of the molecule is Cc1ccc(NC(=O)NCc2ccc(N3C(=O)C4C5C=CC(CC5)C4C3=O)cc2)c(C)c1. The predicted octanol–water partition coefficient (Wildman–Crippen LogP) is 4.33. The van der Waals surface area contributed by atoms with Crippen LogP contribution in [-0.4, -0.2) is 17.8 Å². The quantitative estimate of drug-likeness (QED) is 0.561. The van der Waals surface area contributed by atoms with Gasteiger partial charge in [-0.05, 0) is 67.9 Å². The Morgan fingerprint density at radius 2 is 1.56 bits per heavy atom. The molecular formula is C26H27N3O3. The minimum Gasteiger partial charge on any atom is -0.334 e. The molecule has 4 amide bonds. The zero-order valence-electron chi connectivity index (χ0n) is 18.3. The van der Waals surface area contributed by atoms with Crippen LogP contribution in [0.2, 0.25) is 0 Å². The summed E-state index contributed by atoms with van der Waals surface area (Å²) in [6.07, 6.45) is 6.23. The Hall–Kier alpha value is -3.41. The number of carbonyl (C=O) groups is 3. The lowest BCUT2D eigenvalue weighted by molar-refractivity contribution is -0.124. The molecule has 4 atom stereocenters. The van der Waals surface area contributed by atoms with E-state index in [2.05, 4.69) is 22.8 Å². The summed E-state index contributed by atoms with van der Waals surface area (Å²) in [4.78, 5) is 39.8. The highest BCUT2D eigenvalue weighted by Gasteiger charge is 2.56. The van der Waals surface area contributed by atoms with Crippen molar-refractivity contribution in [2.24, 2.45) is 23.7 Å². The zero-order chi connectivity index (χ0) is 22.4. The summed E-state index contributed by atoms with van der Waals surface area (Å²) in [6.45, 7) is 4.32. The van der Waals surface area contributed by atoms with Crippen molar-refractivity contribution in [3.8, 4) is 0 Å². The van der Waals surface area contributed by atoms with Crippen molar-refractivity contribution in [2.45, 2.75) is 33.2 Å². The highest BCUT2D eigenvalue weighted by atomic mass is 16.2. The molecule has 0 radical (unpaired) electrons. The van der Waals surface area contributed by atoms with E-state index in [1.54, 1.807) is 12.1 Å². The summed E-state index contributed by atoms with van der Waals surface area (Å²) in [5.74, 6) is -0.185. The number of fused-ring (bicyclic) bond motifs is 1. The molecule has 2 aromatic carbocycles. The molecule has 164 valence electrons. The summed E-state index contributed by atoms with van der Waals surface area (Å²) in [5, 5.41) is 5.72. The van der Waals surface area contributed by atoms with Gasteiger partial charge in [-0.1, -0.05) is 42.0 Å². The molecule has 1 saturated carbocycles. The summed E-state index contributed by atoms with van der Waals surface area (Å²) < 4.78 is 0. The molecule has 6 nitrogen and oxygen atoms in total. The number of benzene rings is 2. The average Bonchev–Trinajstić information content (AvgIpc) is 3.08. The number of nitrogens with one attached hydrogen (secondary N) is 2. The third-order valence-corrected chi connectivity index (χ3v) is 7.04. The Balaban J connectivity index is 1.22. The fourth-order valence-corrected chi connectivity index (χ4v) is 5.39. The second kappa shape index (κ2) is 7.93. The number of nitrogens with zero attached hydrogens (tertiary/aromatic N) is 1. The van der Waals surface area contributed by atoms with E-state index in [0.717, 1.165) is 35.2 Å². The highest BCUT2D eigenvalue weighted by Crippen LogP contribution is 2.50. The second-order valence-corrected chi connectivity index (χ2v) is 9.15. The topological polar surface area (TPSA) is 78.5 Å². The van der Waals surface area contributed by atoms with Gasteiger partial charge in [0.05, 0.1) is 17.5 Å². The highest BCUT2D eigenvalue weighted by molar-refractivity contribution is 6.22. The van der Waals surface area contributed by atoms with Crippen molar-refractivity contribution in [3.05, 3.63) is 71.3 Å². The Labute approximate surface area is 187 Å². The Kier molecular flexibility index (Phi) is 5.08. The minimum atomic E-state index is -0.280. The van der Waals surface area contributed by atoms with Crippen LogP contribution in [-0.2, 0) is 16.1 Å². The van der Waals surface area contributed by atoms with E-state index in [0.29, 0.717) is 12.2 Å². The van der Waals surface area contributed by atoms with E-state index in [1.165, 1.54) is 4.90 Å². The van der Waals surface area contributed by atoms with Crippen LogP contribution in [0.5, 0.6) is 0 Å². The number of anilines is 2. The number of carbonyl (C=O) groups excluding carboxylic acids is 3. The van der Waals surface area contributed by atoms with Crippen LogP contribution in [0.3, 0.4) is 0 Å². The van der Waals surface area contributed by atoms with Crippen LogP contribution < -0.4 is 15.5 Å². The van der Waals surface area contributed by atoms with Crippen molar-refractivity contribution in [3.63, 3.8) is 0 Å². The predicted molar refractivity (Wildman–Crippen MR) is 123 cm³/mol. The number of urea groups is 1. The number of allylic oxidation sites excluding steroid dienone is 2. The lowest BCUT2D eigenvalue weighted by Crippen LogP contribution is -2.38. The number of imide groups is 1. The van der Waals surface area contributed by atoms with Gasteiger partial charge in [0, 0.05) is 12.2 Å². The third kappa shape index (κ3) is 3.49. The number of rotatable bonds is 4. The molecule has 2 bridgehead atoms. The fourth-order valence-electron chi connectivity index (χ4n) is 5.39. The number of hydrogen-bond donors (Lipinski definition) is 2.